The van der Waals surface area contributed by atoms with Crippen molar-refractivity contribution >= 4 is 5.97 Å². The molecular formula is C15H23NO3. The zero-order valence-corrected chi connectivity index (χ0v) is 12.1. The highest BCUT2D eigenvalue weighted by Gasteiger charge is 2.02. The van der Waals surface area contributed by atoms with Crippen molar-refractivity contribution in [3.05, 3.63) is 47.8 Å². The maximum atomic E-state index is 10.6. The molecule has 0 rings (SSSR count). The number of aliphatic carboxylic acids is 1. The lowest BCUT2D eigenvalue weighted by atomic mass is 10.1. The molecule has 1 N–H and O–H groups in total. The summed E-state index contributed by atoms with van der Waals surface area (Å²) < 4.78 is 5.70. The molecular weight excluding hydrogens is 242 g/mol. The summed E-state index contributed by atoms with van der Waals surface area (Å²) in [7, 11) is 3.93. The number of rotatable bonds is 8. The molecule has 0 radical (unpaired) electrons. The molecule has 0 unspecified atom stereocenters. The standard InChI is InChI=1S/C15H23NO3/c1-6-13(7-8-15(17)18)14(11-12(2)3)19-10-9-16(4)5/h6-8,11H,1,9-10H2,2-5H3,(H,17,18)/b8-7+,14-13-. The summed E-state index contributed by atoms with van der Waals surface area (Å²) in [5.41, 5.74) is 1.73. The van der Waals surface area contributed by atoms with Gasteiger partial charge in [-0.05, 0) is 40.1 Å². The van der Waals surface area contributed by atoms with Gasteiger partial charge in [0.2, 0.25) is 0 Å². The van der Waals surface area contributed by atoms with Gasteiger partial charge in [0.15, 0.2) is 0 Å². The summed E-state index contributed by atoms with van der Waals surface area (Å²) in [5.74, 6) is -0.362. The van der Waals surface area contributed by atoms with Gasteiger partial charge in [-0.25, -0.2) is 4.79 Å². The molecule has 0 spiro atoms. The number of hydrogen-bond donors (Lipinski definition) is 1. The Morgan fingerprint density at radius 3 is 2.37 bits per heavy atom. The Morgan fingerprint density at radius 2 is 1.95 bits per heavy atom. The van der Waals surface area contributed by atoms with Crippen molar-refractivity contribution in [1.29, 1.82) is 0 Å². The van der Waals surface area contributed by atoms with Crippen LogP contribution in [0.25, 0.3) is 0 Å². The summed E-state index contributed by atoms with van der Waals surface area (Å²) in [5, 5.41) is 8.66. The van der Waals surface area contributed by atoms with Crippen LogP contribution in [0.4, 0.5) is 0 Å². The summed E-state index contributed by atoms with van der Waals surface area (Å²) in [6.07, 6.45) is 6.02. The van der Waals surface area contributed by atoms with Crippen molar-refractivity contribution in [3.8, 4) is 0 Å². The van der Waals surface area contributed by atoms with Crippen molar-refractivity contribution in [3.63, 3.8) is 0 Å². The quantitative estimate of drug-likeness (QED) is 0.416. The van der Waals surface area contributed by atoms with Crippen LogP contribution in [0.5, 0.6) is 0 Å². The molecule has 0 atom stereocenters. The van der Waals surface area contributed by atoms with Gasteiger partial charge in [-0.1, -0.05) is 18.2 Å². The van der Waals surface area contributed by atoms with E-state index in [0.717, 1.165) is 18.2 Å². The predicted molar refractivity (Wildman–Crippen MR) is 77.9 cm³/mol. The van der Waals surface area contributed by atoms with Gasteiger partial charge in [0, 0.05) is 18.2 Å². The van der Waals surface area contributed by atoms with Crippen LogP contribution in [0.15, 0.2) is 47.8 Å². The van der Waals surface area contributed by atoms with E-state index in [-0.39, 0.29) is 0 Å². The molecule has 0 aromatic heterocycles. The first-order valence-corrected chi connectivity index (χ1v) is 6.07. The fourth-order valence-corrected chi connectivity index (χ4v) is 1.22. The topological polar surface area (TPSA) is 49.8 Å². The van der Waals surface area contributed by atoms with Crippen LogP contribution in [-0.4, -0.2) is 43.2 Å². The fourth-order valence-electron chi connectivity index (χ4n) is 1.22. The molecule has 0 bridgehead atoms. The smallest absolute Gasteiger partial charge is 0.328 e. The molecule has 0 aromatic rings. The lowest BCUT2D eigenvalue weighted by Crippen LogP contribution is -2.18. The molecule has 0 amide bonds. The summed E-state index contributed by atoms with van der Waals surface area (Å²) in [6, 6.07) is 0. The Morgan fingerprint density at radius 1 is 1.32 bits per heavy atom. The Hall–Kier alpha value is -1.81. The highest BCUT2D eigenvalue weighted by Crippen LogP contribution is 2.13. The molecule has 0 heterocycles. The number of nitrogens with zero attached hydrogens (tertiary/aromatic N) is 1. The second-order valence-corrected chi connectivity index (χ2v) is 4.57. The zero-order valence-electron chi connectivity index (χ0n) is 12.1. The van der Waals surface area contributed by atoms with Gasteiger partial charge in [0.1, 0.15) is 12.4 Å². The number of likely N-dealkylation sites (N-methyl/N-ethyl adjacent to an activating group) is 1. The van der Waals surface area contributed by atoms with E-state index in [0.29, 0.717) is 17.9 Å². The maximum absolute atomic E-state index is 10.6. The highest BCUT2D eigenvalue weighted by molar-refractivity contribution is 5.80. The lowest BCUT2D eigenvalue weighted by molar-refractivity contribution is -0.131. The van der Waals surface area contributed by atoms with E-state index >= 15 is 0 Å². The first-order valence-electron chi connectivity index (χ1n) is 6.07. The Labute approximate surface area is 115 Å². The molecule has 4 heteroatoms. The van der Waals surface area contributed by atoms with Crippen molar-refractivity contribution in [1.82, 2.24) is 4.90 Å². The van der Waals surface area contributed by atoms with E-state index in [9.17, 15) is 4.79 Å². The SMILES string of the molecule is C=CC(/C=C/C(=O)O)=C(\C=C(C)C)OCCN(C)C. The van der Waals surface area contributed by atoms with Gasteiger partial charge in [-0.2, -0.15) is 0 Å². The summed E-state index contributed by atoms with van der Waals surface area (Å²) in [4.78, 5) is 12.6. The monoisotopic (exact) mass is 265 g/mol. The van der Waals surface area contributed by atoms with Crippen molar-refractivity contribution in [2.45, 2.75) is 13.8 Å². The molecule has 0 saturated carbocycles. The number of ether oxygens (including phenoxy) is 1. The van der Waals surface area contributed by atoms with Gasteiger partial charge >= 0.3 is 5.97 Å². The van der Waals surface area contributed by atoms with Crippen LogP contribution in [0, 0.1) is 0 Å². The average molecular weight is 265 g/mol. The Balaban J connectivity index is 5.10. The zero-order chi connectivity index (χ0) is 14.8. The molecule has 106 valence electrons. The van der Waals surface area contributed by atoms with Gasteiger partial charge < -0.3 is 14.7 Å². The van der Waals surface area contributed by atoms with Crippen LogP contribution < -0.4 is 0 Å². The number of hydrogen-bond acceptors (Lipinski definition) is 3. The van der Waals surface area contributed by atoms with E-state index in [4.69, 9.17) is 9.84 Å². The third kappa shape index (κ3) is 8.85. The number of carboxylic acid groups (broad SMARTS) is 1. The summed E-state index contributed by atoms with van der Waals surface area (Å²) >= 11 is 0. The van der Waals surface area contributed by atoms with Crippen LogP contribution in [0.2, 0.25) is 0 Å². The van der Waals surface area contributed by atoms with Crippen molar-refractivity contribution < 1.29 is 14.6 Å². The highest BCUT2D eigenvalue weighted by atomic mass is 16.5. The van der Waals surface area contributed by atoms with Crippen molar-refractivity contribution in [2.24, 2.45) is 0 Å². The number of carbonyl (C=O) groups is 1. The normalized spacial score (nSPS) is 12.3. The van der Waals surface area contributed by atoms with E-state index in [1.54, 1.807) is 6.08 Å². The first-order chi connectivity index (χ1) is 8.86. The molecule has 0 saturated heterocycles. The molecule has 0 aliphatic rings. The second kappa shape index (κ2) is 9.16. The minimum absolute atomic E-state index is 0.532. The molecule has 0 aliphatic carbocycles. The second-order valence-electron chi connectivity index (χ2n) is 4.57. The largest absolute Gasteiger partial charge is 0.492 e. The molecule has 19 heavy (non-hydrogen) atoms. The van der Waals surface area contributed by atoms with Gasteiger partial charge in [0.25, 0.3) is 0 Å². The van der Waals surface area contributed by atoms with E-state index in [1.807, 2.05) is 38.9 Å². The van der Waals surface area contributed by atoms with E-state index in [2.05, 4.69) is 6.58 Å². The van der Waals surface area contributed by atoms with Crippen LogP contribution in [0.3, 0.4) is 0 Å². The molecule has 0 aromatic carbocycles. The fraction of sp³-hybridized carbons (Fsp3) is 0.400. The van der Waals surface area contributed by atoms with E-state index < -0.39 is 5.97 Å². The molecule has 4 nitrogen and oxygen atoms in total. The Bertz CT molecular complexity index is 400. The van der Waals surface area contributed by atoms with Crippen LogP contribution >= 0.6 is 0 Å². The predicted octanol–water partition coefficient (Wildman–Crippen LogP) is 2.61. The molecule has 0 aliphatic heterocycles. The number of allylic oxidation sites excluding steroid dienone is 5. The van der Waals surface area contributed by atoms with Gasteiger partial charge in [-0.15, -0.1) is 0 Å². The maximum Gasteiger partial charge on any atom is 0.328 e. The van der Waals surface area contributed by atoms with Crippen LogP contribution in [-0.2, 0) is 9.53 Å². The van der Waals surface area contributed by atoms with Gasteiger partial charge in [-0.3, -0.25) is 0 Å². The Kier molecular flexibility index (Phi) is 8.29. The van der Waals surface area contributed by atoms with Crippen LogP contribution in [0.1, 0.15) is 13.8 Å². The summed E-state index contributed by atoms with van der Waals surface area (Å²) in [6.45, 7) is 8.92. The first kappa shape index (κ1) is 17.2. The van der Waals surface area contributed by atoms with Crippen molar-refractivity contribution in [2.75, 3.05) is 27.2 Å². The van der Waals surface area contributed by atoms with Gasteiger partial charge in [0.05, 0.1) is 0 Å². The minimum Gasteiger partial charge on any atom is -0.492 e. The lowest BCUT2D eigenvalue weighted by Gasteiger charge is -2.13. The third-order valence-corrected chi connectivity index (χ3v) is 2.13. The minimum atomic E-state index is -0.996. The average Bonchev–Trinajstić information content (AvgIpc) is 2.27. The number of carboxylic acids is 1. The van der Waals surface area contributed by atoms with E-state index in [1.165, 1.54) is 6.08 Å². The third-order valence-electron chi connectivity index (χ3n) is 2.13. The molecule has 0 fully saturated rings.